The van der Waals surface area contributed by atoms with Crippen LogP contribution in [-0.4, -0.2) is 82.0 Å². The summed E-state index contributed by atoms with van der Waals surface area (Å²) in [4.78, 5) is 50.8. The third-order valence-electron chi connectivity index (χ3n) is 8.21. The SMILES string of the molecule is CCOC(=O)CN(Cc1ccc(OC)cc1OC)Cc1nc(-c2ccc(C#N)cc2)sc1C(=O)O.CCOC(=O)c1ncc2nc(-c3ccc(C#N)cc3)sc2c1O. The summed E-state index contributed by atoms with van der Waals surface area (Å²) in [6, 6.07) is 23.2. The zero-order valence-electron chi connectivity index (χ0n) is 31.7. The molecule has 0 spiro atoms. The number of thiazole rings is 2. The van der Waals surface area contributed by atoms with Crippen molar-refractivity contribution < 1.29 is 43.5 Å². The third kappa shape index (κ3) is 10.3. The van der Waals surface area contributed by atoms with E-state index in [-0.39, 0.29) is 49.2 Å². The first-order chi connectivity index (χ1) is 28.0. The van der Waals surface area contributed by atoms with E-state index >= 15 is 0 Å². The van der Waals surface area contributed by atoms with Gasteiger partial charge < -0.3 is 29.2 Å². The van der Waals surface area contributed by atoms with Gasteiger partial charge in [0, 0.05) is 35.8 Å². The van der Waals surface area contributed by atoms with Crippen LogP contribution in [0.4, 0.5) is 0 Å². The van der Waals surface area contributed by atoms with Crippen molar-refractivity contribution in [2.24, 2.45) is 0 Å². The molecule has 0 aliphatic rings. The summed E-state index contributed by atoms with van der Waals surface area (Å²) in [5.41, 5.74) is 4.09. The van der Waals surface area contributed by atoms with E-state index in [9.17, 15) is 24.6 Å². The number of rotatable bonds is 14. The number of aromatic nitrogens is 3. The van der Waals surface area contributed by atoms with Crippen molar-refractivity contribution >= 4 is 50.8 Å². The lowest BCUT2D eigenvalue weighted by Crippen LogP contribution is -2.31. The van der Waals surface area contributed by atoms with Crippen LogP contribution in [0.5, 0.6) is 17.2 Å². The quantitative estimate of drug-likeness (QED) is 0.105. The van der Waals surface area contributed by atoms with E-state index in [1.165, 1.54) is 17.5 Å². The average molecular weight is 821 g/mol. The molecule has 2 N–H and O–H groups in total. The molecule has 17 heteroatoms. The summed E-state index contributed by atoms with van der Waals surface area (Å²) in [5, 5.41) is 39.1. The van der Waals surface area contributed by atoms with E-state index in [0.29, 0.717) is 54.1 Å². The highest BCUT2D eigenvalue weighted by Crippen LogP contribution is 2.37. The number of carboxylic acid groups (broad SMARTS) is 1. The minimum Gasteiger partial charge on any atom is -0.504 e. The molecule has 15 nitrogen and oxygen atoms in total. The van der Waals surface area contributed by atoms with Crippen LogP contribution in [0, 0.1) is 22.7 Å². The largest absolute Gasteiger partial charge is 0.504 e. The smallest absolute Gasteiger partial charge is 0.360 e. The van der Waals surface area contributed by atoms with Gasteiger partial charge in [0.05, 0.1) is 69.1 Å². The van der Waals surface area contributed by atoms with Gasteiger partial charge in [-0.2, -0.15) is 10.5 Å². The number of ether oxygens (including phenoxy) is 4. The normalized spacial score (nSPS) is 10.5. The maximum atomic E-state index is 12.3. The van der Waals surface area contributed by atoms with Crippen molar-refractivity contribution in [1.82, 2.24) is 19.9 Å². The molecule has 0 saturated heterocycles. The fourth-order valence-corrected chi connectivity index (χ4v) is 7.38. The van der Waals surface area contributed by atoms with Crippen molar-refractivity contribution in [3.63, 3.8) is 0 Å². The average Bonchev–Trinajstić information content (AvgIpc) is 3.87. The summed E-state index contributed by atoms with van der Waals surface area (Å²) in [5.74, 6) is -1.22. The molecule has 0 aliphatic carbocycles. The Morgan fingerprint density at radius 1 is 0.810 bits per heavy atom. The van der Waals surface area contributed by atoms with E-state index in [1.807, 2.05) is 6.07 Å². The van der Waals surface area contributed by atoms with Crippen LogP contribution in [0.1, 0.15) is 56.4 Å². The molecule has 58 heavy (non-hydrogen) atoms. The standard InChI is InChI=1S/C25H25N3O6S.C16H11N3O3S/c1-4-34-22(29)15-28(13-18-9-10-19(32-2)11-21(18)33-3)14-20-23(25(30)31)35-24(27-20)17-7-5-16(12-26)6-8-17;1-2-22-16(21)12-13(20)14-11(8-18-12)19-15(23-14)10-5-3-9(7-17)4-6-10/h5-11H,4,13-15H2,1-3H3,(H,30,31);3-6,8,20H,2H2,1H3. The molecule has 0 bridgehead atoms. The number of carbonyl (C=O) groups excluding carboxylic acids is 2. The fourth-order valence-electron chi connectivity index (χ4n) is 5.47. The van der Waals surface area contributed by atoms with Crippen molar-refractivity contribution in [2.45, 2.75) is 26.9 Å². The lowest BCUT2D eigenvalue weighted by atomic mass is 10.1. The lowest BCUT2D eigenvalue weighted by Gasteiger charge is -2.22. The number of nitriles is 2. The first-order valence-electron chi connectivity index (χ1n) is 17.5. The summed E-state index contributed by atoms with van der Waals surface area (Å²) < 4.78 is 21.2. The number of fused-ring (bicyclic) bond motifs is 1. The van der Waals surface area contributed by atoms with Crippen LogP contribution in [-0.2, 0) is 27.4 Å². The van der Waals surface area contributed by atoms with Gasteiger partial charge in [0.2, 0.25) is 0 Å². The number of hydrogen-bond donors (Lipinski definition) is 2. The van der Waals surface area contributed by atoms with Gasteiger partial charge in [-0.15, -0.1) is 22.7 Å². The van der Waals surface area contributed by atoms with E-state index < -0.39 is 17.9 Å². The summed E-state index contributed by atoms with van der Waals surface area (Å²) in [6.45, 7) is 4.17. The van der Waals surface area contributed by atoms with Gasteiger partial charge in [-0.25, -0.2) is 24.5 Å². The number of methoxy groups -OCH3 is 2. The van der Waals surface area contributed by atoms with Crippen molar-refractivity contribution in [3.8, 4) is 50.5 Å². The minimum absolute atomic E-state index is 0.0637. The van der Waals surface area contributed by atoms with E-state index in [0.717, 1.165) is 22.5 Å². The van der Waals surface area contributed by atoms with Crippen LogP contribution < -0.4 is 9.47 Å². The Hall–Kier alpha value is -6.92. The number of esters is 2. The van der Waals surface area contributed by atoms with Gasteiger partial charge in [0.15, 0.2) is 11.4 Å². The number of nitrogens with zero attached hydrogens (tertiary/aromatic N) is 6. The Bertz CT molecular complexity index is 2510. The predicted octanol–water partition coefficient (Wildman–Crippen LogP) is 7.07. The highest BCUT2D eigenvalue weighted by Gasteiger charge is 2.24. The number of hydrogen-bond acceptors (Lipinski definition) is 16. The Balaban J connectivity index is 0.000000240. The summed E-state index contributed by atoms with van der Waals surface area (Å²) in [6.07, 6.45) is 1.44. The van der Waals surface area contributed by atoms with Gasteiger partial charge in [0.25, 0.3) is 0 Å². The Morgan fingerprint density at radius 2 is 1.43 bits per heavy atom. The molecular formula is C41H36N6O9S2. The topological polar surface area (TPSA) is 218 Å². The van der Waals surface area contributed by atoms with Crippen LogP contribution in [0.2, 0.25) is 0 Å². The summed E-state index contributed by atoms with van der Waals surface area (Å²) >= 11 is 2.29. The number of aromatic carboxylic acids is 1. The lowest BCUT2D eigenvalue weighted by molar-refractivity contribution is -0.144. The van der Waals surface area contributed by atoms with Crippen LogP contribution >= 0.6 is 22.7 Å². The van der Waals surface area contributed by atoms with E-state index in [2.05, 4.69) is 27.1 Å². The van der Waals surface area contributed by atoms with Gasteiger partial charge in [-0.3, -0.25) is 9.69 Å². The zero-order chi connectivity index (χ0) is 41.8. The number of aromatic hydroxyl groups is 1. The molecular weight excluding hydrogens is 785 g/mol. The second-order valence-electron chi connectivity index (χ2n) is 12.0. The van der Waals surface area contributed by atoms with Crippen LogP contribution in [0.3, 0.4) is 0 Å². The molecule has 296 valence electrons. The molecule has 0 saturated carbocycles. The molecule has 0 fully saturated rings. The first-order valence-corrected chi connectivity index (χ1v) is 19.1. The number of carbonyl (C=O) groups is 3. The molecule has 3 heterocycles. The van der Waals surface area contributed by atoms with Crippen LogP contribution in [0.25, 0.3) is 31.4 Å². The number of pyridine rings is 1. The van der Waals surface area contributed by atoms with Gasteiger partial charge in [0.1, 0.15) is 36.6 Å². The molecule has 0 radical (unpaired) electrons. The fraction of sp³-hybridized carbons (Fsp3) is 0.220. The van der Waals surface area contributed by atoms with Crippen LogP contribution in [0.15, 0.2) is 72.9 Å². The molecule has 3 aromatic carbocycles. The van der Waals surface area contributed by atoms with Gasteiger partial charge >= 0.3 is 17.9 Å². The zero-order valence-corrected chi connectivity index (χ0v) is 33.3. The van der Waals surface area contributed by atoms with Crippen molar-refractivity contribution in [3.05, 3.63) is 106 Å². The molecule has 0 atom stereocenters. The monoisotopic (exact) mass is 820 g/mol. The minimum atomic E-state index is -1.10. The van der Waals surface area contributed by atoms with Gasteiger partial charge in [-0.1, -0.05) is 30.3 Å². The molecule has 3 aromatic heterocycles. The predicted molar refractivity (Wildman–Crippen MR) is 215 cm³/mol. The van der Waals surface area contributed by atoms with E-state index in [4.69, 9.17) is 29.5 Å². The maximum absolute atomic E-state index is 12.3. The third-order valence-corrected chi connectivity index (χ3v) is 10.5. The maximum Gasteiger partial charge on any atom is 0.360 e. The van der Waals surface area contributed by atoms with Gasteiger partial charge in [-0.05, 0) is 44.2 Å². The molecule has 0 unspecified atom stereocenters. The molecule has 0 aliphatic heterocycles. The molecule has 6 rings (SSSR count). The Morgan fingerprint density at radius 3 is 1.98 bits per heavy atom. The Labute approximate surface area is 340 Å². The number of benzene rings is 3. The van der Waals surface area contributed by atoms with Crippen molar-refractivity contribution in [2.75, 3.05) is 34.0 Å². The highest BCUT2D eigenvalue weighted by molar-refractivity contribution is 7.22. The second kappa shape index (κ2) is 19.8. The molecule has 0 amide bonds. The summed E-state index contributed by atoms with van der Waals surface area (Å²) in [7, 11) is 3.10. The first kappa shape index (κ1) is 42.2. The molecule has 6 aromatic rings. The highest BCUT2D eigenvalue weighted by atomic mass is 32.1. The van der Waals surface area contributed by atoms with Crippen molar-refractivity contribution in [1.29, 1.82) is 10.5 Å². The Kier molecular flexibility index (Phi) is 14.4. The number of carboxylic acids is 1. The second-order valence-corrected chi connectivity index (χ2v) is 14.0. The van der Waals surface area contributed by atoms with E-state index in [1.54, 1.807) is 93.6 Å².